The van der Waals surface area contributed by atoms with Crippen molar-refractivity contribution in [2.75, 3.05) is 31.6 Å². The van der Waals surface area contributed by atoms with E-state index in [1.165, 1.54) is 6.07 Å². The van der Waals surface area contributed by atoms with E-state index in [9.17, 15) is 9.18 Å². The third-order valence-electron chi connectivity index (χ3n) is 6.02. The van der Waals surface area contributed by atoms with Gasteiger partial charge < -0.3 is 14.8 Å². The molecule has 2 fully saturated rings. The van der Waals surface area contributed by atoms with Crippen molar-refractivity contribution in [1.29, 1.82) is 0 Å². The lowest BCUT2D eigenvalue weighted by atomic mass is 9.96. The molecule has 4 rings (SSSR count). The maximum atomic E-state index is 13.5. The summed E-state index contributed by atoms with van der Waals surface area (Å²) in [6.45, 7) is 5.54. The molecule has 2 aliphatic heterocycles. The Bertz CT molecular complexity index is 898. The van der Waals surface area contributed by atoms with Crippen LogP contribution in [0.4, 0.5) is 10.1 Å². The molecule has 0 spiro atoms. The maximum absolute atomic E-state index is 13.5. The van der Waals surface area contributed by atoms with E-state index >= 15 is 0 Å². The number of benzene rings is 2. The Labute approximate surface area is 183 Å². The van der Waals surface area contributed by atoms with Crippen LogP contribution in [0.1, 0.15) is 36.8 Å². The minimum Gasteiger partial charge on any atom is -0.489 e. The fraction of sp³-hybridized carbons (Fsp3) is 0.480. The van der Waals surface area contributed by atoms with Gasteiger partial charge in [0.15, 0.2) is 0 Å². The number of halogens is 1. The van der Waals surface area contributed by atoms with E-state index in [-0.39, 0.29) is 23.7 Å². The Morgan fingerprint density at radius 3 is 2.94 bits per heavy atom. The zero-order chi connectivity index (χ0) is 21.6. The molecule has 0 saturated carbocycles. The van der Waals surface area contributed by atoms with Gasteiger partial charge in [-0.2, -0.15) is 0 Å². The van der Waals surface area contributed by atoms with Gasteiger partial charge in [0.2, 0.25) is 5.91 Å². The fourth-order valence-corrected chi connectivity index (χ4v) is 4.35. The predicted octanol–water partition coefficient (Wildman–Crippen LogP) is 4.54. The highest BCUT2D eigenvalue weighted by atomic mass is 19.1. The van der Waals surface area contributed by atoms with Crippen LogP contribution in [0.15, 0.2) is 42.5 Å². The minimum atomic E-state index is -0.223. The Kier molecular flexibility index (Phi) is 7.20. The number of likely N-dealkylation sites (tertiary alicyclic amines) is 1. The second kappa shape index (κ2) is 10.2. The van der Waals surface area contributed by atoms with Crippen molar-refractivity contribution < 1.29 is 18.7 Å². The highest BCUT2D eigenvalue weighted by Crippen LogP contribution is 2.29. The van der Waals surface area contributed by atoms with Gasteiger partial charge in [0, 0.05) is 19.7 Å². The van der Waals surface area contributed by atoms with E-state index in [1.807, 2.05) is 31.2 Å². The molecule has 6 heteroatoms. The normalized spacial score (nSPS) is 21.7. The van der Waals surface area contributed by atoms with Crippen LogP contribution < -0.4 is 10.1 Å². The standard InChI is InChI=1S/C25H31FN2O3/c1-18-9-10-23(24(13-18)31-17-22-8-4-12-30-22)27-25(29)20-6-3-11-28(16-20)15-19-5-2-7-21(26)14-19/h2,5,7,9-10,13-14,20,22H,3-4,6,8,11-12,15-17H2,1H3,(H,27,29). The molecule has 0 bridgehead atoms. The molecule has 2 saturated heterocycles. The summed E-state index contributed by atoms with van der Waals surface area (Å²) in [7, 11) is 0. The van der Waals surface area contributed by atoms with E-state index in [0.717, 1.165) is 50.0 Å². The summed E-state index contributed by atoms with van der Waals surface area (Å²) in [6, 6.07) is 12.5. The van der Waals surface area contributed by atoms with Crippen molar-refractivity contribution in [2.24, 2.45) is 5.92 Å². The smallest absolute Gasteiger partial charge is 0.228 e. The Morgan fingerprint density at radius 1 is 1.23 bits per heavy atom. The average Bonchev–Trinajstić information content (AvgIpc) is 3.28. The summed E-state index contributed by atoms with van der Waals surface area (Å²) in [5.41, 5.74) is 2.72. The molecule has 5 nitrogen and oxygen atoms in total. The first kappa shape index (κ1) is 21.8. The molecule has 2 aromatic carbocycles. The molecular weight excluding hydrogens is 395 g/mol. The second-order valence-electron chi connectivity index (χ2n) is 8.64. The first-order chi connectivity index (χ1) is 15.1. The number of anilines is 1. The third-order valence-corrected chi connectivity index (χ3v) is 6.02. The number of hydrogen-bond acceptors (Lipinski definition) is 4. The van der Waals surface area contributed by atoms with E-state index < -0.39 is 0 Å². The van der Waals surface area contributed by atoms with Gasteiger partial charge in [-0.25, -0.2) is 4.39 Å². The van der Waals surface area contributed by atoms with Crippen LogP contribution in [0.2, 0.25) is 0 Å². The lowest BCUT2D eigenvalue weighted by Crippen LogP contribution is -2.40. The summed E-state index contributed by atoms with van der Waals surface area (Å²) in [5.74, 6) is 0.374. The number of ether oxygens (including phenoxy) is 2. The molecule has 1 amide bonds. The number of piperidine rings is 1. The zero-order valence-corrected chi connectivity index (χ0v) is 18.1. The van der Waals surface area contributed by atoms with Gasteiger partial charge in [-0.1, -0.05) is 18.2 Å². The molecule has 2 aromatic rings. The van der Waals surface area contributed by atoms with Crippen molar-refractivity contribution in [3.63, 3.8) is 0 Å². The molecule has 31 heavy (non-hydrogen) atoms. The fourth-order valence-electron chi connectivity index (χ4n) is 4.35. The Morgan fingerprint density at radius 2 is 2.13 bits per heavy atom. The third kappa shape index (κ3) is 6.05. The molecule has 1 N–H and O–H groups in total. The molecule has 2 unspecified atom stereocenters. The summed E-state index contributed by atoms with van der Waals surface area (Å²) in [4.78, 5) is 15.3. The van der Waals surface area contributed by atoms with E-state index in [4.69, 9.17) is 9.47 Å². The number of carbonyl (C=O) groups is 1. The zero-order valence-electron chi connectivity index (χ0n) is 18.1. The highest BCUT2D eigenvalue weighted by Gasteiger charge is 2.27. The van der Waals surface area contributed by atoms with Crippen LogP contribution >= 0.6 is 0 Å². The number of nitrogens with zero attached hydrogens (tertiary/aromatic N) is 1. The number of amides is 1. The molecule has 0 radical (unpaired) electrons. The van der Waals surface area contributed by atoms with Gasteiger partial charge in [0.1, 0.15) is 18.2 Å². The maximum Gasteiger partial charge on any atom is 0.228 e. The van der Waals surface area contributed by atoms with E-state index in [2.05, 4.69) is 10.2 Å². The Balaban J connectivity index is 1.36. The first-order valence-corrected chi connectivity index (χ1v) is 11.2. The summed E-state index contributed by atoms with van der Waals surface area (Å²) >= 11 is 0. The van der Waals surface area contributed by atoms with Crippen LogP contribution in [0.3, 0.4) is 0 Å². The number of aryl methyl sites for hydroxylation is 1. The molecule has 2 atom stereocenters. The molecule has 166 valence electrons. The SMILES string of the molecule is Cc1ccc(NC(=O)C2CCCN(Cc3cccc(F)c3)C2)c(OCC2CCCO2)c1. The lowest BCUT2D eigenvalue weighted by Gasteiger charge is -2.32. The predicted molar refractivity (Wildman–Crippen MR) is 119 cm³/mol. The van der Waals surface area contributed by atoms with Crippen molar-refractivity contribution in [3.05, 3.63) is 59.4 Å². The summed E-state index contributed by atoms with van der Waals surface area (Å²) in [5, 5.41) is 3.08. The van der Waals surface area contributed by atoms with E-state index in [0.29, 0.717) is 31.1 Å². The summed E-state index contributed by atoms with van der Waals surface area (Å²) in [6.07, 6.45) is 4.00. The molecule has 0 aliphatic carbocycles. The van der Waals surface area contributed by atoms with Crippen LogP contribution in [0.25, 0.3) is 0 Å². The quantitative estimate of drug-likeness (QED) is 0.706. The average molecular weight is 427 g/mol. The second-order valence-corrected chi connectivity index (χ2v) is 8.64. The number of carbonyl (C=O) groups excluding carboxylic acids is 1. The Hall–Kier alpha value is -2.44. The van der Waals surface area contributed by atoms with E-state index in [1.54, 1.807) is 12.1 Å². The van der Waals surface area contributed by atoms with Gasteiger partial charge in [-0.3, -0.25) is 9.69 Å². The van der Waals surface area contributed by atoms with Crippen molar-refractivity contribution >= 4 is 11.6 Å². The molecule has 2 heterocycles. The summed E-state index contributed by atoms with van der Waals surface area (Å²) < 4.78 is 25.2. The molecule has 2 aliphatic rings. The first-order valence-electron chi connectivity index (χ1n) is 11.2. The van der Waals surface area contributed by atoms with Crippen molar-refractivity contribution in [2.45, 2.75) is 45.3 Å². The van der Waals surface area contributed by atoms with Gasteiger partial charge in [0.05, 0.1) is 17.7 Å². The van der Waals surface area contributed by atoms with Gasteiger partial charge in [-0.05, 0) is 74.5 Å². The number of hydrogen-bond donors (Lipinski definition) is 1. The van der Waals surface area contributed by atoms with Crippen LogP contribution in [0.5, 0.6) is 5.75 Å². The highest BCUT2D eigenvalue weighted by molar-refractivity contribution is 5.94. The molecular formula is C25H31FN2O3. The van der Waals surface area contributed by atoms with Gasteiger partial charge >= 0.3 is 0 Å². The van der Waals surface area contributed by atoms with Crippen molar-refractivity contribution in [3.8, 4) is 5.75 Å². The van der Waals surface area contributed by atoms with Crippen molar-refractivity contribution in [1.82, 2.24) is 4.90 Å². The van der Waals surface area contributed by atoms with Gasteiger partial charge in [0.25, 0.3) is 0 Å². The van der Waals surface area contributed by atoms with Crippen LogP contribution in [-0.4, -0.2) is 43.2 Å². The number of rotatable bonds is 7. The monoisotopic (exact) mass is 426 g/mol. The topological polar surface area (TPSA) is 50.8 Å². The minimum absolute atomic E-state index is 0.00904. The van der Waals surface area contributed by atoms with Crippen LogP contribution in [0, 0.1) is 18.7 Å². The van der Waals surface area contributed by atoms with Gasteiger partial charge in [-0.15, -0.1) is 0 Å². The number of nitrogens with one attached hydrogen (secondary N) is 1. The van der Waals surface area contributed by atoms with Crippen LogP contribution in [-0.2, 0) is 16.1 Å². The lowest BCUT2D eigenvalue weighted by molar-refractivity contribution is -0.121. The largest absolute Gasteiger partial charge is 0.489 e. The molecule has 0 aromatic heterocycles.